The number of carbonyl (C=O) groups excluding carboxylic acids is 1. The van der Waals surface area contributed by atoms with Crippen LogP contribution in [0.1, 0.15) is 17.3 Å². The molecule has 27 heavy (non-hydrogen) atoms. The fourth-order valence-corrected chi connectivity index (χ4v) is 4.40. The van der Waals surface area contributed by atoms with E-state index in [9.17, 15) is 13.2 Å². The number of amides is 1. The molecule has 1 heterocycles. The summed E-state index contributed by atoms with van der Waals surface area (Å²) in [5, 5.41) is 2.73. The standard InChI is InChI=1S/C19H22N2O5S/c1-14-13-21(9-10-26-14)27(23,24)18-8-4-6-16(12-18)20-19(22)15-5-3-7-17(11-15)25-2/h3-8,11-12,14H,9-10,13H2,1-2H3,(H,20,22). The molecule has 2 aromatic rings. The Morgan fingerprint density at radius 2 is 2.00 bits per heavy atom. The molecule has 1 saturated heterocycles. The van der Waals surface area contributed by atoms with Gasteiger partial charge in [0.1, 0.15) is 5.75 Å². The van der Waals surface area contributed by atoms with Crippen LogP contribution in [-0.2, 0) is 14.8 Å². The number of nitrogens with zero attached hydrogens (tertiary/aromatic N) is 1. The molecule has 0 aliphatic carbocycles. The quantitative estimate of drug-likeness (QED) is 0.847. The predicted octanol–water partition coefficient (Wildman–Crippen LogP) is 2.36. The summed E-state index contributed by atoms with van der Waals surface area (Å²) in [4.78, 5) is 12.6. The molecule has 0 saturated carbocycles. The molecule has 0 spiro atoms. The second-order valence-corrected chi connectivity index (χ2v) is 8.20. The summed E-state index contributed by atoms with van der Waals surface area (Å²) in [7, 11) is -2.12. The first-order chi connectivity index (χ1) is 12.9. The van der Waals surface area contributed by atoms with Crippen molar-refractivity contribution in [1.82, 2.24) is 4.31 Å². The first-order valence-corrected chi connectivity index (χ1v) is 10.0. The normalized spacial score (nSPS) is 18.1. The van der Waals surface area contributed by atoms with Crippen molar-refractivity contribution in [2.45, 2.75) is 17.9 Å². The van der Waals surface area contributed by atoms with Gasteiger partial charge in [0.15, 0.2) is 0 Å². The van der Waals surface area contributed by atoms with Crippen LogP contribution in [0.4, 0.5) is 5.69 Å². The molecule has 0 radical (unpaired) electrons. The number of hydrogen-bond donors (Lipinski definition) is 1. The Balaban J connectivity index is 1.79. The van der Waals surface area contributed by atoms with Crippen molar-refractivity contribution >= 4 is 21.6 Å². The lowest BCUT2D eigenvalue weighted by Gasteiger charge is -2.30. The predicted molar refractivity (Wildman–Crippen MR) is 102 cm³/mol. The summed E-state index contributed by atoms with van der Waals surface area (Å²) in [6.07, 6.45) is -0.149. The summed E-state index contributed by atoms with van der Waals surface area (Å²) in [5.41, 5.74) is 0.829. The van der Waals surface area contributed by atoms with E-state index in [0.717, 1.165) is 0 Å². The van der Waals surface area contributed by atoms with E-state index in [1.54, 1.807) is 36.4 Å². The number of rotatable bonds is 5. The monoisotopic (exact) mass is 390 g/mol. The topological polar surface area (TPSA) is 84.9 Å². The van der Waals surface area contributed by atoms with E-state index in [-0.39, 0.29) is 16.9 Å². The van der Waals surface area contributed by atoms with Gasteiger partial charge in [-0.2, -0.15) is 4.31 Å². The number of morpholine rings is 1. The molecule has 144 valence electrons. The number of carbonyl (C=O) groups is 1. The minimum absolute atomic E-state index is 0.139. The van der Waals surface area contributed by atoms with Gasteiger partial charge in [-0.15, -0.1) is 0 Å². The van der Waals surface area contributed by atoms with Crippen LogP contribution in [-0.4, -0.2) is 51.5 Å². The van der Waals surface area contributed by atoms with E-state index in [1.807, 2.05) is 6.92 Å². The molecule has 7 nitrogen and oxygen atoms in total. The van der Waals surface area contributed by atoms with E-state index in [4.69, 9.17) is 9.47 Å². The van der Waals surface area contributed by atoms with Crippen LogP contribution in [0, 0.1) is 0 Å². The van der Waals surface area contributed by atoms with Crippen LogP contribution in [0.25, 0.3) is 0 Å². The van der Waals surface area contributed by atoms with Gasteiger partial charge in [-0.05, 0) is 43.3 Å². The highest BCUT2D eigenvalue weighted by atomic mass is 32.2. The average Bonchev–Trinajstić information content (AvgIpc) is 2.68. The van der Waals surface area contributed by atoms with Crippen molar-refractivity contribution in [1.29, 1.82) is 0 Å². The molecule has 1 atom stereocenters. The fraction of sp³-hybridized carbons (Fsp3) is 0.316. The Labute approximate surface area is 158 Å². The third-order valence-corrected chi connectivity index (χ3v) is 6.13. The van der Waals surface area contributed by atoms with Gasteiger partial charge in [0.25, 0.3) is 5.91 Å². The largest absolute Gasteiger partial charge is 0.497 e. The van der Waals surface area contributed by atoms with E-state index >= 15 is 0 Å². The summed E-state index contributed by atoms with van der Waals surface area (Å²) in [6, 6.07) is 13.0. The van der Waals surface area contributed by atoms with Crippen molar-refractivity contribution in [3.63, 3.8) is 0 Å². The Hall–Kier alpha value is -2.42. The number of anilines is 1. The number of benzene rings is 2. The third-order valence-electron chi connectivity index (χ3n) is 4.27. The van der Waals surface area contributed by atoms with Gasteiger partial charge in [-0.1, -0.05) is 12.1 Å². The zero-order valence-electron chi connectivity index (χ0n) is 15.2. The highest BCUT2D eigenvalue weighted by molar-refractivity contribution is 7.89. The van der Waals surface area contributed by atoms with Crippen LogP contribution in [0.3, 0.4) is 0 Å². The number of sulfonamides is 1. The van der Waals surface area contributed by atoms with Crippen molar-refractivity contribution < 1.29 is 22.7 Å². The summed E-state index contributed by atoms with van der Waals surface area (Å²) in [6.45, 7) is 2.83. The Morgan fingerprint density at radius 1 is 1.22 bits per heavy atom. The molecule has 1 N–H and O–H groups in total. The Bertz CT molecular complexity index is 929. The molecule has 8 heteroatoms. The second-order valence-electron chi connectivity index (χ2n) is 6.26. The molecule has 2 aromatic carbocycles. The average molecular weight is 390 g/mol. The van der Waals surface area contributed by atoms with Gasteiger partial charge in [0.2, 0.25) is 10.0 Å². The molecule has 1 aliphatic rings. The molecule has 0 bridgehead atoms. The fourth-order valence-electron chi connectivity index (χ4n) is 2.86. The maximum Gasteiger partial charge on any atom is 0.255 e. The van der Waals surface area contributed by atoms with Crippen molar-refractivity contribution in [2.24, 2.45) is 0 Å². The van der Waals surface area contributed by atoms with Crippen LogP contribution in [0.2, 0.25) is 0 Å². The minimum atomic E-state index is -3.65. The highest BCUT2D eigenvalue weighted by Gasteiger charge is 2.29. The number of ether oxygens (including phenoxy) is 2. The van der Waals surface area contributed by atoms with Crippen molar-refractivity contribution in [2.75, 3.05) is 32.1 Å². The van der Waals surface area contributed by atoms with E-state index in [1.165, 1.54) is 23.5 Å². The van der Waals surface area contributed by atoms with Gasteiger partial charge in [-0.25, -0.2) is 8.42 Å². The lowest BCUT2D eigenvalue weighted by Crippen LogP contribution is -2.44. The molecule has 0 aromatic heterocycles. The van der Waals surface area contributed by atoms with Crippen molar-refractivity contribution in [3.05, 3.63) is 54.1 Å². The molecule has 3 rings (SSSR count). The summed E-state index contributed by atoms with van der Waals surface area (Å²) < 4.78 is 37.7. The summed E-state index contributed by atoms with van der Waals surface area (Å²) in [5.74, 6) is 0.226. The highest BCUT2D eigenvalue weighted by Crippen LogP contribution is 2.22. The van der Waals surface area contributed by atoms with E-state index < -0.39 is 10.0 Å². The van der Waals surface area contributed by atoms with Gasteiger partial charge >= 0.3 is 0 Å². The SMILES string of the molecule is COc1cccc(C(=O)Nc2cccc(S(=O)(=O)N3CCOC(C)C3)c2)c1. The molecule has 1 aliphatic heterocycles. The van der Waals surface area contributed by atoms with Gasteiger partial charge in [0.05, 0.1) is 24.7 Å². The smallest absolute Gasteiger partial charge is 0.255 e. The van der Waals surface area contributed by atoms with E-state index in [0.29, 0.717) is 36.7 Å². The number of nitrogens with one attached hydrogen (secondary N) is 1. The number of methoxy groups -OCH3 is 1. The van der Waals surface area contributed by atoms with Crippen LogP contribution in [0.5, 0.6) is 5.75 Å². The van der Waals surface area contributed by atoms with Crippen molar-refractivity contribution in [3.8, 4) is 5.75 Å². The Kier molecular flexibility index (Phi) is 5.79. The molecular formula is C19H22N2O5S. The van der Waals surface area contributed by atoms with Crippen LogP contribution >= 0.6 is 0 Å². The Morgan fingerprint density at radius 3 is 2.74 bits per heavy atom. The van der Waals surface area contributed by atoms with Gasteiger partial charge in [0, 0.05) is 24.3 Å². The third kappa shape index (κ3) is 4.47. The van der Waals surface area contributed by atoms with Crippen LogP contribution < -0.4 is 10.1 Å². The maximum absolute atomic E-state index is 12.9. The maximum atomic E-state index is 12.9. The summed E-state index contributed by atoms with van der Waals surface area (Å²) >= 11 is 0. The van der Waals surface area contributed by atoms with Gasteiger partial charge < -0.3 is 14.8 Å². The molecule has 1 unspecified atom stereocenters. The van der Waals surface area contributed by atoms with Gasteiger partial charge in [-0.3, -0.25) is 4.79 Å². The first-order valence-electron chi connectivity index (χ1n) is 8.57. The van der Waals surface area contributed by atoms with Crippen LogP contribution in [0.15, 0.2) is 53.4 Å². The zero-order valence-corrected chi connectivity index (χ0v) is 16.0. The first kappa shape index (κ1) is 19.3. The second kappa shape index (κ2) is 8.08. The minimum Gasteiger partial charge on any atom is -0.497 e. The van der Waals surface area contributed by atoms with E-state index in [2.05, 4.69) is 5.32 Å². The lowest BCUT2D eigenvalue weighted by molar-refractivity contribution is 0.0102. The number of hydrogen-bond acceptors (Lipinski definition) is 5. The molecule has 1 fully saturated rings. The zero-order chi connectivity index (χ0) is 19.4. The molecular weight excluding hydrogens is 368 g/mol. The molecule has 1 amide bonds. The lowest BCUT2D eigenvalue weighted by atomic mass is 10.2.